The van der Waals surface area contributed by atoms with Gasteiger partial charge in [0.25, 0.3) is 0 Å². The van der Waals surface area contributed by atoms with Gasteiger partial charge in [0.05, 0.1) is 6.42 Å². The molecule has 1 aliphatic rings. The van der Waals surface area contributed by atoms with Gasteiger partial charge in [-0.3, -0.25) is 4.79 Å². The molecule has 0 bridgehead atoms. The third-order valence-corrected chi connectivity index (χ3v) is 5.55. The van der Waals surface area contributed by atoms with Crippen molar-refractivity contribution in [2.45, 2.75) is 26.2 Å². The first kappa shape index (κ1) is 17.7. The zero-order chi connectivity index (χ0) is 18.8. The van der Waals surface area contributed by atoms with Crippen molar-refractivity contribution in [1.29, 1.82) is 0 Å². The lowest BCUT2D eigenvalue weighted by atomic mass is 10.00. The predicted molar refractivity (Wildman–Crippen MR) is 111 cm³/mol. The highest BCUT2D eigenvalue weighted by atomic mass is 16.2. The maximum atomic E-state index is 12.8. The van der Waals surface area contributed by atoms with Crippen LogP contribution in [0.25, 0.3) is 10.9 Å². The van der Waals surface area contributed by atoms with Crippen molar-refractivity contribution < 1.29 is 4.79 Å². The first-order valence-electron chi connectivity index (χ1n) is 9.80. The summed E-state index contributed by atoms with van der Waals surface area (Å²) >= 11 is 0. The monoisotopic (exact) mass is 361 g/mol. The van der Waals surface area contributed by atoms with Gasteiger partial charge in [-0.2, -0.15) is 0 Å². The minimum Gasteiger partial charge on any atom is -0.368 e. The van der Waals surface area contributed by atoms with E-state index < -0.39 is 0 Å². The highest BCUT2D eigenvalue weighted by Crippen LogP contribution is 2.28. The third kappa shape index (κ3) is 3.57. The van der Waals surface area contributed by atoms with Crippen molar-refractivity contribution in [3.8, 4) is 0 Å². The van der Waals surface area contributed by atoms with Gasteiger partial charge < -0.3 is 14.8 Å². The number of H-pyrrole nitrogens is 1. The number of carbonyl (C=O) groups is 1. The van der Waals surface area contributed by atoms with E-state index in [0.29, 0.717) is 12.3 Å². The number of fused-ring (bicyclic) bond motifs is 1. The van der Waals surface area contributed by atoms with Crippen molar-refractivity contribution in [2.75, 3.05) is 31.1 Å². The van der Waals surface area contributed by atoms with Gasteiger partial charge in [0, 0.05) is 49.0 Å². The Labute approximate surface area is 160 Å². The molecule has 0 atom stereocenters. The first-order chi connectivity index (χ1) is 13.1. The number of amides is 1. The van der Waals surface area contributed by atoms with Crippen molar-refractivity contribution in [2.24, 2.45) is 0 Å². The number of rotatable bonds is 4. The number of nitrogens with zero attached hydrogens (tertiary/aromatic N) is 2. The Morgan fingerprint density at radius 1 is 1.00 bits per heavy atom. The summed E-state index contributed by atoms with van der Waals surface area (Å²) in [4.78, 5) is 20.5. The molecule has 3 aromatic rings. The molecule has 27 heavy (non-hydrogen) atoms. The molecule has 1 aromatic heterocycles. The molecule has 2 aromatic carbocycles. The topological polar surface area (TPSA) is 39.3 Å². The molecule has 4 rings (SSSR count). The Balaban J connectivity index is 1.41. The van der Waals surface area contributed by atoms with Crippen LogP contribution in [0.2, 0.25) is 0 Å². The van der Waals surface area contributed by atoms with Gasteiger partial charge in [0.2, 0.25) is 5.91 Å². The molecule has 4 heteroatoms. The maximum Gasteiger partial charge on any atom is 0.227 e. The molecule has 1 N–H and O–H groups in total. The van der Waals surface area contributed by atoms with E-state index in [9.17, 15) is 4.79 Å². The fraction of sp³-hybridized carbons (Fsp3) is 0.348. The van der Waals surface area contributed by atoms with Crippen LogP contribution < -0.4 is 4.90 Å². The van der Waals surface area contributed by atoms with E-state index in [4.69, 9.17) is 0 Å². The van der Waals surface area contributed by atoms with Crippen LogP contribution in [0.4, 0.5) is 5.69 Å². The standard InChI is InChI=1S/C23H27N3O/c1-17(2)19-7-4-6-10-22(19)25-11-13-26(14-12-25)23(27)15-18-16-24-21-9-5-3-8-20(18)21/h3-10,16-17,24H,11-15H2,1-2H3. The van der Waals surface area contributed by atoms with Gasteiger partial charge in [-0.15, -0.1) is 0 Å². The molecule has 1 saturated heterocycles. The van der Waals surface area contributed by atoms with Crippen LogP contribution in [0.15, 0.2) is 54.7 Å². The van der Waals surface area contributed by atoms with Crippen molar-refractivity contribution in [3.63, 3.8) is 0 Å². The van der Waals surface area contributed by atoms with Gasteiger partial charge in [-0.05, 0) is 29.2 Å². The van der Waals surface area contributed by atoms with Gasteiger partial charge >= 0.3 is 0 Å². The van der Waals surface area contributed by atoms with Crippen molar-refractivity contribution in [1.82, 2.24) is 9.88 Å². The Bertz CT molecular complexity index is 935. The number of anilines is 1. The Kier molecular flexibility index (Phi) is 4.88. The highest BCUT2D eigenvalue weighted by Gasteiger charge is 2.23. The van der Waals surface area contributed by atoms with E-state index in [2.05, 4.69) is 54.1 Å². The van der Waals surface area contributed by atoms with E-state index >= 15 is 0 Å². The van der Waals surface area contributed by atoms with E-state index in [0.717, 1.165) is 42.6 Å². The molecular weight excluding hydrogens is 334 g/mol. The van der Waals surface area contributed by atoms with Crippen LogP contribution in [0.3, 0.4) is 0 Å². The van der Waals surface area contributed by atoms with E-state index in [1.54, 1.807) is 0 Å². The number of carbonyl (C=O) groups excluding carboxylic acids is 1. The molecule has 4 nitrogen and oxygen atoms in total. The molecule has 1 amide bonds. The molecule has 140 valence electrons. The van der Waals surface area contributed by atoms with Gasteiger partial charge in [-0.25, -0.2) is 0 Å². The number of hydrogen-bond donors (Lipinski definition) is 1. The van der Waals surface area contributed by atoms with Crippen LogP contribution in [0, 0.1) is 0 Å². The summed E-state index contributed by atoms with van der Waals surface area (Å²) < 4.78 is 0. The molecule has 0 radical (unpaired) electrons. The lowest BCUT2D eigenvalue weighted by Gasteiger charge is -2.37. The average molecular weight is 361 g/mol. The molecule has 0 spiro atoms. The molecule has 0 saturated carbocycles. The fourth-order valence-electron chi connectivity index (χ4n) is 4.01. The summed E-state index contributed by atoms with van der Waals surface area (Å²) in [6, 6.07) is 16.8. The van der Waals surface area contributed by atoms with Crippen molar-refractivity contribution in [3.05, 3.63) is 65.9 Å². The van der Waals surface area contributed by atoms with Gasteiger partial charge in [-0.1, -0.05) is 50.2 Å². The minimum atomic E-state index is 0.219. The number of nitrogens with one attached hydrogen (secondary N) is 1. The normalized spacial score (nSPS) is 14.9. The molecule has 0 aliphatic carbocycles. The lowest BCUT2D eigenvalue weighted by molar-refractivity contribution is -0.130. The number of benzene rings is 2. The summed E-state index contributed by atoms with van der Waals surface area (Å²) in [6.45, 7) is 7.83. The lowest BCUT2D eigenvalue weighted by Crippen LogP contribution is -2.49. The third-order valence-electron chi connectivity index (χ3n) is 5.55. The van der Waals surface area contributed by atoms with E-state index in [1.165, 1.54) is 11.3 Å². The minimum absolute atomic E-state index is 0.219. The number of para-hydroxylation sites is 2. The van der Waals surface area contributed by atoms with Gasteiger partial charge in [0.15, 0.2) is 0 Å². The summed E-state index contributed by atoms with van der Waals surface area (Å²) in [7, 11) is 0. The summed E-state index contributed by atoms with van der Waals surface area (Å²) in [5.74, 6) is 0.722. The molecule has 1 aliphatic heterocycles. The van der Waals surface area contributed by atoms with Crippen LogP contribution in [-0.4, -0.2) is 42.0 Å². The number of piperazine rings is 1. The predicted octanol–water partition coefficient (Wildman–Crippen LogP) is 4.18. The number of hydrogen-bond acceptors (Lipinski definition) is 2. The first-order valence-corrected chi connectivity index (χ1v) is 9.80. The van der Waals surface area contributed by atoms with Crippen LogP contribution in [-0.2, 0) is 11.2 Å². The Morgan fingerprint density at radius 2 is 1.70 bits per heavy atom. The largest absolute Gasteiger partial charge is 0.368 e. The van der Waals surface area contributed by atoms with E-state index in [-0.39, 0.29) is 5.91 Å². The summed E-state index contributed by atoms with van der Waals surface area (Å²) in [5.41, 5.74) is 4.88. The SMILES string of the molecule is CC(C)c1ccccc1N1CCN(C(=O)Cc2c[nH]c3ccccc23)CC1. The number of aromatic nitrogens is 1. The van der Waals surface area contributed by atoms with E-state index in [1.807, 2.05) is 29.3 Å². The smallest absolute Gasteiger partial charge is 0.227 e. The van der Waals surface area contributed by atoms with Crippen LogP contribution in [0.1, 0.15) is 30.9 Å². The second-order valence-corrected chi connectivity index (χ2v) is 7.62. The highest BCUT2D eigenvalue weighted by molar-refractivity contribution is 5.89. The maximum absolute atomic E-state index is 12.8. The Morgan fingerprint density at radius 3 is 2.48 bits per heavy atom. The Hall–Kier alpha value is -2.75. The van der Waals surface area contributed by atoms with Gasteiger partial charge in [0.1, 0.15) is 0 Å². The summed E-state index contributed by atoms with van der Waals surface area (Å²) in [5, 5.41) is 1.15. The van der Waals surface area contributed by atoms with Crippen LogP contribution in [0.5, 0.6) is 0 Å². The molecule has 0 unspecified atom stereocenters. The zero-order valence-corrected chi connectivity index (χ0v) is 16.1. The van der Waals surface area contributed by atoms with Crippen LogP contribution >= 0.6 is 0 Å². The molecular formula is C23H27N3O. The fourth-order valence-corrected chi connectivity index (χ4v) is 4.01. The second-order valence-electron chi connectivity index (χ2n) is 7.62. The zero-order valence-electron chi connectivity index (χ0n) is 16.1. The summed E-state index contributed by atoms with van der Waals surface area (Å²) in [6.07, 6.45) is 2.43. The molecule has 1 fully saturated rings. The quantitative estimate of drug-likeness (QED) is 0.757. The molecule has 2 heterocycles. The second kappa shape index (κ2) is 7.47. The number of aromatic amines is 1. The van der Waals surface area contributed by atoms with Crippen molar-refractivity contribution >= 4 is 22.5 Å². The average Bonchev–Trinajstić information content (AvgIpc) is 3.11.